The molecule has 0 radical (unpaired) electrons. The van der Waals surface area contributed by atoms with E-state index in [1.807, 2.05) is 36.0 Å². The number of methoxy groups -OCH3 is 2. The van der Waals surface area contributed by atoms with Crippen LogP contribution in [-0.2, 0) is 7.05 Å². The van der Waals surface area contributed by atoms with Gasteiger partial charge in [0.15, 0.2) is 11.5 Å². The van der Waals surface area contributed by atoms with Gasteiger partial charge in [-0.1, -0.05) is 41.5 Å². The minimum absolute atomic E-state index is 0.0394. The molecule has 0 N–H and O–H groups in total. The van der Waals surface area contributed by atoms with Gasteiger partial charge in [0, 0.05) is 46.6 Å². The van der Waals surface area contributed by atoms with Crippen molar-refractivity contribution in [2.45, 2.75) is 51.9 Å². The Hall–Kier alpha value is -2.90. The van der Waals surface area contributed by atoms with E-state index in [4.69, 9.17) is 18.7 Å². The van der Waals surface area contributed by atoms with Gasteiger partial charge < -0.3 is 23.3 Å². The van der Waals surface area contributed by atoms with Gasteiger partial charge in [-0.3, -0.25) is 0 Å². The zero-order valence-corrected chi connectivity index (χ0v) is 21.8. The summed E-state index contributed by atoms with van der Waals surface area (Å²) in [5, 5.41) is 10.2. The Morgan fingerprint density at radius 3 is 1.94 bits per heavy atom. The fraction of sp³-hybridized carbons (Fsp3) is 0.423. The van der Waals surface area contributed by atoms with Crippen LogP contribution in [0.3, 0.4) is 0 Å². The fourth-order valence-electron chi connectivity index (χ4n) is 4.04. The minimum Gasteiger partial charge on any atom is -0.493 e. The smallest absolute Gasteiger partial charge is 0.207 e. The average Bonchev–Trinajstić information content (AvgIpc) is 3.05. The highest BCUT2D eigenvalue weighted by molar-refractivity contribution is 7.56. The summed E-state index contributed by atoms with van der Waals surface area (Å²) in [6.07, 6.45) is 1.81. The molecule has 176 valence electrons. The maximum absolute atomic E-state index is 9.43. The molecule has 0 aliphatic heterocycles. The van der Waals surface area contributed by atoms with Crippen LogP contribution in [0.1, 0.15) is 47.1 Å². The summed E-state index contributed by atoms with van der Waals surface area (Å²) < 4.78 is 26.0. The lowest BCUT2D eigenvalue weighted by molar-refractivity contribution is 0.358. The van der Waals surface area contributed by atoms with Gasteiger partial charge in [-0.2, -0.15) is 5.26 Å². The molecule has 0 unspecified atom stereocenters. The van der Waals surface area contributed by atoms with Gasteiger partial charge in [-0.05, 0) is 18.2 Å². The van der Waals surface area contributed by atoms with Crippen LogP contribution < -0.4 is 18.7 Å². The molecular weight excluding hydrogens is 435 g/mol. The van der Waals surface area contributed by atoms with Gasteiger partial charge in [0.1, 0.15) is 17.6 Å². The first-order valence-corrected chi connectivity index (χ1v) is 12.1. The summed E-state index contributed by atoms with van der Waals surface area (Å²) in [6.45, 7) is 13.1. The van der Waals surface area contributed by atoms with Gasteiger partial charge in [-0.15, -0.1) is 0 Å². The summed E-state index contributed by atoms with van der Waals surface area (Å²) in [5.74, 6) is 2.84. The van der Waals surface area contributed by atoms with Crippen LogP contribution >= 0.6 is 8.15 Å². The van der Waals surface area contributed by atoms with Crippen LogP contribution in [0.25, 0.3) is 10.9 Å². The first-order valence-electron chi connectivity index (χ1n) is 10.8. The van der Waals surface area contributed by atoms with E-state index in [2.05, 4.69) is 47.6 Å². The Kier molecular flexibility index (Phi) is 6.86. The number of fused-ring (bicyclic) bond motifs is 1. The van der Waals surface area contributed by atoms with Crippen LogP contribution in [0.4, 0.5) is 0 Å². The van der Waals surface area contributed by atoms with E-state index in [0.29, 0.717) is 34.3 Å². The molecule has 0 aliphatic rings. The lowest BCUT2D eigenvalue weighted by Crippen LogP contribution is -2.27. The number of benzene rings is 2. The predicted octanol–water partition coefficient (Wildman–Crippen LogP) is 7.23. The van der Waals surface area contributed by atoms with Crippen LogP contribution in [0, 0.1) is 11.3 Å². The molecule has 0 saturated carbocycles. The lowest BCUT2D eigenvalue weighted by Gasteiger charge is -2.40. The Morgan fingerprint density at radius 2 is 1.45 bits per heavy atom. The SMILES string of the molecule is COc1cc(Oc2ccc3c(c2)c(C#N)cn3C)cc(OC)c1OP(C(C)(C)C)C(C)(C)C. The number of hydrogen-bond donors (Lipinski definition) is 0. The van der Waals surface area contributed by atoms with Crippen LogP contribution in [-0.4, -0.2) is 29.1 Å². The van der Waals surface area contributed by atoms with Gasteiger partial charge in [0.05, 0.1) is 27.9 Å². The minimum atomic E-state index is -0.878. The van der Waals surface area contributed by atoms with E-state index in [0.717, 1.165) is 10.9 Å². The number of hydrogen-bond acceptors (Lipinski definition) is 5. The maximum atomic E-state index is 9.43. The fourth-order valence-corrected chi connectivity index (χ4v) is 6.96. The summed E-state index contributed by atoms with van der Waals surface area (Å²) in [6, 6.07) is 11.5. The Bertz CT molecular complexity index is 1160. The van der Waals surface area contributed by atoms with E-state index >= 15 is 0 Å². The van der Waals surface area contributed by atoms with Crippen molar-refractivity contribution >= 4 is 19.1 Å². The highest BCUT2D eigenvalue weighted by Gasteiger charge is 2.39. The molecule has 1 heterocycles. The standard InChI is InChI=1S/C26H33N2O4P/c1-25(2,3)33(26(4,5)6)32-24-22(29-8)13-19(14-23(24)30-9)31-18-10-11-21-20(12-18)17(15-27)16-28(21)7/h10-14,16H,1-9H3. The largest absolute Gasteiger partial charge is 0.493 e. The third kappa shape index (κ3) is 5.20. The first kappa shape index (κ1) is 24.7. The molecule has 0 spiro atoms. The van der Waals surface area contributed by atoms with E-state index in [1.54, 1.807) is 26.4 Å². The average molecular weight is 469 g/mol. The van der Waals surface area contributed by atoms with E-state index in [-0.39, 0.29) is 10.3 Å². The van der Waals surface area contributed by atoms with Crippen LogP contribution in [0.2, 0.25) is 0 Å². The van der Waals surface area contributed by atoms with E-state index in [1.165, 1.54) is 0 Å². The van der Waals surface area contributed by atoms with Crippen molar-refractivity contribution in [3.05, 3.63) is 42.1 Å². The molecule has 0 bridgehead atoms. The van der Waals surface area contributed by atoms with Crippen molar-refractivity contribution in [2.75, 3.05) is 14.2 Å². The third-order valence-corrected chi connectivity index (χ3v) is 7.95. The molecule has 0 amide bonds. The van der Waals surface area contributed by atoms with Crippen molar-refractivity contribution in [2.24, 2.45) is 7.05 Å². The van der Waals surface area contributed by atoms with Crippen LogP contribution in [0.5, 0.6) is 28.7 Å². The summed E-state index contributed by atoms with van der Waals surface area (Å²) in [5.41, 5.74) is 1.57. The second kappa shape index (κ2) is 9.15. The Balaban J connectivity index is 2.01. The third-order valence-electron chi connectivity index (χ3n) is 5.15. The highest BCUT2D eigenvalue weighted by Crippen LogP contribution is 2.62. The number of rotatable bonds is 6. The molecule has 1 aromatic heterocycles. The van der Waals surface area contributed by atoms with Crippen molar-refractivity contribution in [3.8, 4) is 34.8 Å². The molecule has 2 aromatic carbocycles. The number of nitrogens with zero attached hydrogens (tertiary/aromatic N) is 2. The van der Waals surface area contributed by atoms with E-state index < -0.39 is 8.15 Å². The second-order valence-corrected chi connectivity index (χ2v) is 13.4. The maximum Gasteiger partial charge on any atom is 0.207 e. The molecule has 7 heteroatoms. The molecular formula is C26H33N2O4P. The topological polar surface area (TPSA) is 65.6 Å². The molecule has 3 aromatic rings. The number of nitriles is 1. The van der Waals surface area contributed by atoms with Gasteiger partial charge in [0.25, 0.3) is 0 Å². The summed E-state index contributed by atoms with van der Waals surface area (Å²) in [4.78, 5) is 0. The molecule has 3 rings (SSSR count). The lowest BCUT2D eigenvalue weighted by atomic mass is 10.2. The van der Waals surface area contributed by atoms with Crippen molar-refractivity contribution in [3.63, 3.8) is 0 Å². The van der Waals surface area contributed by atoms with Crippen molar-refractivity contribution in [1.29, 1.82) is 5.26 Å². The van der Waals surface area contributed by atoms with Gasteiger partial charge in [-0.25, -0.2) is 0 Å². The quantitative estimate of drug-likeness (QED) is 0.357. The zero-order chi connectivity index (χ0) is 24.6. The number of ether oxygens (including phenoxy) is 3. The monoisotopic (exact) mass is 468 g/mol. The van der Waals surface area contributed by atoms with Crippen molar-refractivity contribution < 1.29 is 18.7 Å². The van der Waals surface area contributed by atoms with E-state index in [9.17, 15) is 5.26 Å². The van der Waals surface area contributed by atoms with Gasteiger partial charge >= 0.3 is 0 Å². The number of aromatic nitrogens is 1. The Morgan fingerprint density at radius 1 is 0.879 bits per heavy atom. The molecule has 0 aliphatic carbocycles. The summed E-state index contributed by atoms with van der Waals surface area (Å²) in [7, 11) is 4.26. The predicted molar refractivity (Wildman–Crippen MR) is 134 cm³/mol. The molecule has 0 saturated heterocycles. The first-order chi connectivity index (χ1) is 15.4. The Labute approximate surface area is 197 Å². The zero-order valence-electron chi connectivity index (χ0n) is 20.9. The number of aryl methyl sites for hydroxylation is 1. The van der Waals surface area contributed by atoms with Crippen LogP contribution in [0.15, 0.2) is 36.5 Å². The molecule has 0 fully saturated rings. The van der Waals surface area contributed by atoms with Crippen molar-refractivity contribution in [1.82, 2.24) is 4.57 Å². The molecule has 33 heavy (non-hydrogen) atoms. The highest BCUT2D eigenvalue weighted by atomic mass is 31.1. The normalized spacial score (nSPS) is 12.0. The molecule has 0 atom stereocenters. The van der Waals surface area contributed by atoms with Gasteiger partial charge in [0.2, 0.25) is 5.75 Å². The molecule has 6 nitrogen and oxygen atoms in total. The summed E-state index contributed by atoms with van der Waals surface area (Å²) >= 11 is 0. The second-order valence-electron chi connectivity index (χ2n) is 9.93.